The zero-order chi connectivity index (χ0) is 13.2. The summed E-state index contributed by atoms with van der Waals surface area (Å²) < 4.78 is 6.64. The Bertz CT molecular complexity index is 550. The van der Waals surface area contributed by atoms with Gasteiger partial charge in [0, 0.05) is 10.5 Å². The van der Waals surface area contributed by atoms with Crippen molar-refractivity contribution in [3.8, 4) is 0 Å². The average Bonchev–Trinajstić information content (AvgIpc) is 2.93. The molecule has 0 bridgehead atoms. The van der Waals surface area contributed by atoms with E-state index in [9.17, 15) is 0 Å². The number of benzene rings is 1. The molecule has 0 radical (unpaired) electrons. The number of halogens is 1. The topological polar surface area (TPSA) is 25.2 Å². The van der Waals surface area contributed by atoms with Gasteiger partial charge in [-0.05, 0) is 61.6 Å². The van der Waals surface area contributed by atoms with Gasteiger partial charge < -0.3 is 9.73 Å². The first-order valence-electron chi connectivity index (χ1n) is 6.79. The summed E-state index contributed by atoms with van der Waals surface area (Å²) in [7, 11) is 0. The monoisotopic (exact) mass is 319 g/mol. The maximum Gasteiger partial charge on any atom is 0.120 e. The molecule has 2 aromatic rings. The van der Waals surface area contributed by atoms with E-state index < -0.39 is 0 Å². The number of hydrogen-bond acceptors (Lipinski definition) is 2. The van der Waals surface area contributed by atoms with Crippen LogP contribution in [0.3, 0.4) is 0 Å². The highest BCUT2D eigenvalue weighted by Crippen LogP contribution is 2.26. The van der Waals surface area contributed by atoms with Crippen molar-refractivity contribution in [2.45, 2.75) is 38.3 Å². The van der Waals surface area contributed by atoms with Crippen molar-refractivity contribution in [3.05, 3.63) is 58.0 Å². The summed E-state index contributed by atoms with van der Waals surface area (Å²) in [6.45, 7) is 2.16. The zero-order valence-corrected chi connectivity index (χ0v) is 12.6. The van der Waals surface area contributed by atoms with Crippen LogP contribution in [0.15, 0.2) is 45.5 Å². The lowest BCUT2D eigenvalue weighted by atomic mass is 9.88. The fourth-order valence-electron chi connectivity index (χ4n) is 2.84. The van der Waals surface area contributed by atoms with Crippen LogP contribution in [0.1, 0.15) is 36.3 Å². The molecule has 0 amide bonds. The van der Waals surface area contributed by atoms with E-state index in [4.69, 9.17) is 4.42 Å². The summed E-state index contributed by atoms with van der Waals surface area (Å²) in [4.78, 5) is 0. The number of rotatable bonds is 3. The minimum absolute atomic E-state index is 0.275. The molecule has 19 heavy (non-hydrogen) atoms. The molecule has 0 fully saturated rings. The molecule has 3 rings (SSSR count). The molecule has 100 valence electrons. The second kappa shape index (κ2) is 5.51. The lowest BCUT2D eigenvalue weighted by Gasteiger charge is -2.28. The quantitative estimate of drug-likeness (QED) is 0.914. The highest BCUT2D eigenvalue weighted by atomic mass is 79.9. The predicted octanol–water partition coefficient (Wildman–Crippen LogP) is 4.25. The standard InChI is InChI=1S/C16H18BrNO/c1-11(16-3-2-8-19-16)18-15-7-5-12-9-14(17)6-4-13(12)10-15/h2-4,6,8-9,11,15,18H,5,7,10H2,1H3/t11-,15?/m0/s1. The summed E-state index contributed by atoms with van der Waals surface area (Å²) in [6.07, 6.45) is 5.18. The molecule has 1 heterocycles. The lowest BCUT2D eigenvalue weighted by molar-refractivity contribution is 0.366. The molecule has 1 aromatic heterocycles. The molecule has 1 aliphatic rings. The molecular weight excluding hydrogens is 302 g/mol. The zero-order valence-electron chi connectivity index (χ0n) is 11.0. The van der Waals surface area contributed by atoms with Crippen LogP contribution in [-0.2, 0) is 12.8 Å². The molecule has 1 aromatic carbocycles. The largest absolute Gasteiger partial charge is 0.468 e. The van der Waals surface area contributed by atoms with Crippen LogP contribution in [0.2, 0.25) is 0 Å². The Hall–Kier alpha value is -1.06. The third-order valence-electron chi connectivity index (χ3n) is 3.85. The summed E-state index contributed by atoms with van der Waals surface area (Å²) in [5, 5.41) is 3.67. The highest BCUT2D eigenvalue weighted by Gasteiger charge is 2.21. The molecule has 0 saturated carbocycles. The Morgan fingerprint density at radius 1 is 1.32 bits per heavy atom. The summed E-state index contributed by atoms with van der Waals surface area (Å²) >= 11 is 3.54. The SMILES string of the molecule is C[C@H](NC1CCc2cc(Br)ccc2C1)c1ccco1. The second-order valence-electron chi connectivity index (χ2n) is 5.26. The van der Waals surface area contributed by atoms with E-state index in [1.807, 2.05) is 12.1 Å². The van der Waals surface area contributed by atoms with Gasteiger partial charge in [0.15, 0.2) is 0 Å². The van der Waals surface area contributed by atoms with Crippen LogP contribution in [0, 0.1) is 0 Å². The smallest absolute Gasteiger partial charge is 0.120 e. The van der Waals surface area contributed by atoms with Gasteiger partial charge in [-0.1, -0.05) is 22.0 Å². The number of fused-ring (bicyclic) bond motifs is 1. The molecular formula is C16H18BrNO. The van der Waals surface area contributed by atoms with E-state index in [-0.39, 0.29) is 6.04 Å². The maximum absolute atomic E-state index is 5.45. The Balaban J connectivity index is 1.67. The van der Waals surface area contributed by atoms with Gasteiger partial charge in [-0.3, -0.25) is 0 Å². The van der Waals surface area contributed by atoms with Crippen molar-refractivity contribution >= 4 is 15.9 Å². The molecule has 1 aliphatic carbocycles. The second-order valence-corrected chi connectivity index (χ2v) is 6.17. The van der Waals surface area contributed by atoms with Crippen LogP contribution in [0.5, 0.6) is 0 Å². The van der Waals surface area contributed by atoms with Gasteiger partial charge in [-0.2, -0.15) is 0 Å². The van der Waals surface area contributed by atoms with Gasteiger partial charge in [-0.25, -0.2) is 0 Å². The molecule has 1 unspecified atom stereocenters. The van der Waals surface area contributed by atoms with Crippen LogP contribution in [0.4, 0.5) is 0 Å². The Morgan fingerprint density at radius 3 is 3.00 bits per heavy atom. The molecule has 2 atom stereocenters. The van der Waals surface area contributed by atoms with Crippen molar-refractivity contribution in [1.82, 2.24) is 5.32 Å². The predicted molar refractivity (Wildman–Crippen MR) is 80.2 cm³/mol. The molecule has 0 spiro atoms. The molecule has 3 heteroatoms. The number of nitrogens with one attached hydrogen (secondary N) is 1. The summed E-state index contributed by atoms with van der Waals surface area (Å²) in [5.41, 5.74) is 2.96. The van der Waals surface area contributed by atoms with E-state index in [1.54, 1.807) is 6.26 Å². The Labute approximate surface area is 122 Å². The van der Waals surface area contributed by atoms with Crippen LogP contribution < -0.4 is 5.32 Å². The highest BCUT2D eigenvalue weighted by molar-refractivity contribution is 9.10. The summed E-state index contributed by atoms with van der Waals surface area (Å²) in [6, 6.07) is 11.4. The molecule has 1 N–H and O–H groups in total. The van der Waals surface area contributed by atoms with Gasteiger partial charge in [0.1, 0.15) is 5.76 Å². The van der Waals surface area contributed by atoms with Gasteiger partial charge in [-0.15, -0.1) is 0 Å². The van der Waals surface area contributed by atoms with E-state index in [0.29, 0.717) is 6.04 Å². The van der Waals surface area contributed by atoms with Crippen LogP contribution in [0.25, 0.3) is 0 Å². The van der Waals surface area contributed by atoms with Crippen molar-refractivity contribution in [3.63, 3.8) is 0 Å². The maximum atomic E-state index is 5.45. The number of hydrogen-bond donors (Lipinski definition) is 1. The van der Waals surface area contributed by atoms with E-state index >= 15 is 0 Å². The van der Waals surface area contributed by atoms with Crippen LogP contribution in [-0.4, -0.2) is 6.04 Å². The van der Waals surface area contributed by atoms with Crippen LogP contribution >= 0.6 is 15.9 Å². The Kier molecular flexibility index (Phi) is 3.76. The number of furan rings is 1. The minimum Gasteiger partial charge on any atom is -0.468 e. The Morgan fingerprint density at radius 2 is 2.21 bits per heavy atom. The van der Waals surface area contributed by atoms with E-state index in [2.05, 4.69) is 46.4 Å². The first-order chi connectivity index (χ1) is 9.22. The fraction of sp³-hybridized carbons (Fsp3) is 0.375. The third-order valence-corrected chi connectivity index (χ3v) is 4.35. The van der Waals surface area contributed by atoms with E-state index in [1.165, 1.54) is 22.0 Å². The van der Waals surface area contributed by atoms with Gasteiger partial charge >= 0.3 is 0 Å². The van der Waals surface area contributed by atoms with Crippen molar-refractivity contribution < 1.29 is 4.42 Å². The lowest BCUT2D eigenvalue weighted by Crippen LogP contribution is -2.36. The third kappa shape index (κ3) is 2.93. The van der Waals surface area contributed by atoms with E-state index in [0.717, 1.165) is 18.6 Å². The van der Waals surface area contributed by atoms with Gasteiger partial charge in [0.2, 0.25) is 0 Å². The van der Waals surface area contributed by atoms with Crippen molar-refractivity contribution in [1.29, 1.82) is 0 Å². The summed E-state index contributed by atoms with van der Waals surface area (Å²) in [5.74, 6) is 1.02. The fourth-order valence-corrected chi connectivity index (χ4v) is 3.25. The average molecular weight is 320 g/mol. The van der Waals surface area contributed by atoms with Gasteiger partial charge in [0.05, 0.1) is 12.3 Å². The first kappa shape index (κ1) is 12.9. The van der Waals surface area contributed by atoms with Crippen molar-refractivity contribution in [2.24, 2.45) is 0 Å². The number of aryl methyl sites for hydroxylation is 1. The normalized spacial score (nSPS) is 20.0. The first-order valence-corrected chi connectivity index (χ1v) is 7.58. The van der Waals surface area contributed by atoms with Gasteiger partial charge in [0.25, 0.3) is 0 Å². The van der Waals surface area contributed by atoms with Crippen molar-refractivity contribution in [2.75, 3.05) is 0 Å². The molecule has 2 nitrogen and oxygen atoms in total. The minimum atomic E-state index is 0.275. The molecule has 0 aliphatic heterocycles. The molecule has 0 saturated heterocycles.